The zero-order valence-corrected chi connectivity index (χ0v) is 14.4. The van der Waals surface area contributed by atoms with Crippen LogP contribution >= 0.6 is 12.2 Å². The number of benzene rings is 1. The van der Waals surface area contributed by atoms with Crippen molar-refractivity contribution < 1.29 is 0 Å². The van der Waals surface area contributed by atoms with Crippen LogP contribution in [-0.2, 0) is 0 Å². The molecule has 2 nitrogen and oxygen atoms in total. The zero-order chi connectivity index (χ0) is 16.1. The molecule has 2 aromatic rings. The maximum absolute atomic E-state index is 4.67. The number of pyridine rings is 1. The fraction of sp³-hybridized carbons (Fsp3) is 0.400. The van der Waals surface area contributed by atoms with E-state index in [1.165, 1.54) is 37.7 Å². The van der Waals surface area contributed by atoms with E-state index in [0.717, 1.165) is 22.9 Å². The van der Waals surface area contributed by atoms with Crippen molar-refractivity contribution in [2.45, 2.75) is 44.9 Å². The van der Waals surface area contributed by atoms with E-state index in [2.05, 4.69) is 52.6 Å². The summed E-state index contributed by atoms with van der Waals surface area (Å²) in [5.41, 5.74) is 4.33. The summed E-state index contributed by atoms with van der Waals surface area (Å²) >= 11 is 4.62. The van der Waals surface area contributed by atoms with Gasteiger partial charge in [-0.1, -0.05) is 31.5 Å². The molecule has 0 aliphatic heterocycles. The SMILES string of the molecule is CC[C@H]1CC[C@H](c2ccc(-c3ccc(N=C=S)cc3)nc2)CC1. The van der Waals surface area contributed by atoms with Gasteiger partial charge in [-0.2, -0.15) is 4.99 Å². The summed E-state index contributed by atoms with van der Waals surface area (Å²) in [6.07, 6.45) is 8.74. The molecule has 1 aliphatic carbocycles. The van der Waals surface area contributed by atoms with E-state index in [0.29, 0.717) is 5.92 Å². The lowest BCUT2D eigenvalue weighted by Gasteiger charge is -2.27. The number of nitrogens with zero attached hydrogens (tertiary/aromatic N) is 2. The van der Waals surface area contributed by atoms with E-state index >= 15 is 0 Å². The summed E-state index contributed by atoms with van der Waals surface area (Å²) < 4.78 is 0. The molecule has 1 saturated carbocycles. The highest BCUT2D eigenvalue weighted by molar-refractivity contribution is 7.78. The van der Waals surface area contributed by atoms with Crippen LogP contribution < -0.4 is 0 Å². The minimum atomic E-state index is 0.693. The summed E-state index contributed by atoms with van der Waals surface area (Å²) in [5.74, 6) is 1.63. The second-order valence-electron chi connectivity index (χ2n) is 6.35. The van der Waals surface area contributed by atoms with Crippen LogP contribution in [0.3, 0.4) is 0 Å². The van der Waals surface area contributed by atoms with Crippen molar-refractivity contribution in [1.82, 2.24) is 4.98 Å². The van der Waals surface area contributed by atoms with Gasteiger partial charge in [0.1, 0.15) is 0 Å². The van der Waals surface area contributed by atoms with Gasteiger partial charge in [-0.15, -0.1) is 0 Å². The Bertz CT molecular complexity index is 677. The predicted molar refractivity (Wildman–Crippen MR) is 99.3 cm³/mol. The fourth-order valence-corrected chi connectivity index (χ4v) is 3.59. The zero-order valence-electron chi connectivity index (χ0n) is 13.5. The Hall–Kier alpha value is -1.83. The first kappa shape index (κ1) is 16.0. The minimum absolute atomic E-state index is 0.693. The molecule has 1 aromatic carbocycles. The number of isothiocyanates is 1. The summed E-state index contributed by atoms with van der Waals surface area (Å²) in [6.45, 7) is 2.31. The van der Waals surface area contributed by atoms with Crippen LogP contribution in [0.25, 0.3) is 11.3 Å². The third-order valence-electron chi connectivity index (χ3n) is 5.02. The number of hydrogen-bond acceptors (Lipinski definition) is 3. The van der Waals surface area contributed by atoms with E-state index in [4.69, 9.17) is 0 Å². The standard InChI is InChI=1S/C20H22N2S/c1-2-15-3-5-16(6-4-15)18-9-12-20(21-13-18)17-7-10-19(11-8-17)22-14-23/h7-13,15-16H,2-6H2,1H3/t15-,16-. The maximum atomic E-state index is 4.67. The molecule has 3 rings (SSSR count). The molecule has 3 heteroatoms. The Morgan fingerprint density at radius 1 is 1.09 bits per heavy atom. The van der Waals surface area contributed by atoms with Gasteiger partial charge in [0.25, 0.3) is 0 Å². The number of hydrogen-bond donors (Lipinski definition) is 0. The molecule has 118 valence electrons. The van der Waals surface area contributed by atoms with Crippen LogP contribution in [0.5, 0.6) is 0 Å². The van der Waals surface area contributed by atoms with Crippen molar-refractivity contribution in [2.75, 3.05) is 0 Å². The average Bonchev–Trinajstić information content (AvgIpc) is 2.63. The van der Waals surface area contributed by atoms with Crippen LogP contribution in [0.4, 0.5) is 5.69 Å². The molecule has 23 heavy (non-hydrogen) atoms. The first-order valence-electron chi connectivity index (χ1n) is 8.44. The summed E-state index contributed by atoms with van der Waals surface area (Å²) in [4.78, 5) is 8.65. The van der Waals surface area contributed by atoms with Gasteiger partial charge in [-0.3, -0.25) is 4.98 Å². The largest absolute Gasteiger partial charge is 0.256 e. The average molecular weight is 322 g/mol. The van der Waals surface area contributed by atoms with Gasteiger partial charge in [0.05, 0.1) is 16.5 Å². The van der Waals surface area contributed by atoms with Crippen molar-refractivity contribution in [1.29, 1.82) is 0 Å². The Balaban J connectivity index is 1.70. The van der Waals surface area contributed by atoms with Gasteiger partial charge in [0.15, 0.2) is 0 Å². The maximum Gasteiger partial charge on any atom is 0.0740 e. The quantitative estimate of drug-likeness (QED) is 0.497. The summed E-state index contributed by atoms with van der Waals surface area (Å²) in [6, 6.07) is 12.3. The molecule has 0 radical (unpaired) electrons. The highest BCUT2D eigenvalue weighted by Gasteiger charge is 2.21. The number of aromatic nitrogens is 1. The van der Waals surface area contributed by atoms with Gasteiger partial charge >= 0.3 is 0 Å². The van der Waals surface area contributed by atoms with Crippen LogP contribution in [-0.4, -0.2) is 10.1 Å². The van der Waals surface area contributed by atoms with Crippen molar-refractivity contribution in [3.63, 3.8) is 0 Å². The molecule has 1 aromatic heterocycles. The second-order valence-corrected chi connectivity index (χ2v) is 6.54. The second kappa shape index (κ2) is 7.63. The first-order valence-corrected chi connectivity index (χ1v) is 8.85. The Kier molecular flexibility index (Phi) is 5.32. The third kappa shape index (κ3) is 3.93. The molecule has 0 N–H and O–H groups in total. The molecular weight excluding hydrogens is 300 g/mol. The molecule has 0 bridgehead atoms. The molecule has 1 fully saturated rings. The van der Waals surface area contributed by atoms with E-state index < -0.39 is 0 Å². The number of aliphatic imine (C=N–C) groups is 1. The van der Waals surface area contributed by atoms with Gasteiger partial charge in [-0.05, 0) is 73.5 Å². The summed E-state index contributed by atoms with van der Waals surface area (Å²) in [5, 5.41) is 2.39. The molecule has 1 heterocycles. The van der Waals surface area contributed by atoms with Crippen LogP contribution in [0.2, 0.25) is 0 Å². The van der Waals surface area contributed by atoms with E-state index in [1.807, 2.05) is 24.3 Å². The van der Waals surface area contributed by atoms with Crippen molar-refractivity contribution in [3.8, 4) is 11.3 Å². The molecule has 1 aliphatic rings. The lowest BCUT2D eigenvalue weighted by molar-refractivity contribution is 0.318. The molecule has 0 amide bonds. The topological polar surface area (TPSA) is 25.2 Å². The molecule has 0 unspecified atom stereocenters. The van der Waals surface area contributed by atoms with Gasteiger partial charge in [0, 0.05) is 11.8 Å². The van der Waals surface area contributed by atoms with Gasteiger partial charge in [0.2, 0.25) is 0 Å². The minimum Gasteiger partial charge on any atom is -0.256 e. The molecule has 0 saturated heterocycles. The van der Waals surface area contributed by atoms with Crippen molar-refractivity contribution >= 4 is 23.1 Å². The molecule has 0 spiro atoms. The smallest absolute Gasteiger partial charge is 0.0740 e. The van der Waals surface area contributed by atoms with Crippen molar-refractivity contribution in [2.24, 2.45) is 10.9 Å². The normalized spacial score (nSPS) is 20.7. The predicted octanol–water partition coefficient (Wildman–Crippen LogP) is 6.17. The number of thiocarbonyl (C=S) groups is 1. The Morgan fingerprint density at radius 3 is 2.39 bits per heavy atom. The van der Waals surface area contributed by atoms with E-state index in [9.17, 15) is 0 Å². The van der Waals surface area contributed by atoms with E-state index in [1.54, 1.807) is 0 Å². The monoisotopic (exact) mass is 322 g/mol. The van der Waals surface area contributed by atoms with Crippen LogP contribution in [0.1, 0.15) is 50.5 Å². The highest BCUT2D eigenvalue weighted by atomic mass is 32.1. The third-order valence-corrected chi connectivity index (χ3v) is 5.11. The summed E-state index contributed by atoms with van der Waals surface area (Å²) in [7, 11) is 0. The van der Waals surface area contributed by atoms with Crippen molar-refractivity contribution in [3.05, 3.63) is 48.2 Å². The van der Waals surface area contributed by atoms with Crippen LogP contribution in [0, 0.1) is 5.92 Å². The molecule has 0 atom stereocenters. The molecular formula is C20H22N2S. The Morgan fingerprint density at radius 2 is 1.83 bits per heavy atom. The Labute approximate surface area is 143 Å². The lowest BCUT2D eigenvalue weighted by Crippen LogP contribution is -2.12. The van der Waals surface area contributed by atoms with Crippen LogP contribution in [0.15, 0.2) is 47.6 Å². The lowest BCUT2D eigenvalue weighted by atomic mass is 9.78. The van der Waals surface area contributed by atoms with E-state index in [-0.39, 0.29) is 0 Å². The van der Waals surface area contributed by atoms with Gasteiger partial charge < -0.3 is 0 Å². The fourth-order valence-electron chi connectivity index (χ4n) is 3.48. The van der Waals surface area contributed by atoms with Gasteiger partial charge in [-0.25, -0.2) is 0 Å². The highest BCUT2D eigenvalue weighted by Crippen LogP contribution is 2.37. The first-order chi connectivity index (χ1) is 11.3. The number of rotatable bonds is 4.